The van der Waals surface area contributed by atoms with Crippen LogP contribution in [0.4, 0.5) is 0 Å². The molecule has 0 fully saturated rings. The van der Waals surface area contributed by atoms with Gasteiger partial charge in [-0.1, -0.05) is 34.1 Å². The maximum atomic E-state index is 10.5. The maximum Gasteiger partial charge on any atom is 0.138 e. The second kappa shape index (κ2) is 6.15. The number of hydrogen-bond acceptors (Lipinski definition) is 3. The summed E-state index contributed by atoms with van der Waals surface area (Å²) in [5.41, 5.74) is -0.628. The monoisotopic (exact) mass is 239 g/mol. The number of aliphatic hydroxyl groups is 1. The highest BCUT2D eigenvalue weighted by atomic mass is 16.3. The molecule has 0 saturated heterocycles. The normalized spacial score (nSPS) is 15.2. The van der Waals surface area contributed by atoms with Gasteiger partial charge in [-0.3, -0.25) is 0 Å². The van der Waals surface area contributed by atoms with Gasteiger partial charge < -0.3 is 5.11 Å². The van der Waals surface area contributed by atoms with Gasteiger partial charge in [0.2, 0.25) is 0 Å². The van der Waals surface area contributed by atoms with Crippen molar-refractivity contribution in [2.45, 2.75) is 65.5 Å². The minimum absolute atomic E-state index is 0.538. The van der Waals surface area contributed by atoms with E-state index in [4.69, 9.17) is 0 Å². The van der Waals surface area contributed by atoms with Crippen molar-refractivity contribution in [2.75, 3.05) is 0 Å². The molecule has 0 aliphatic rings. The lowest BCUT2D eigenvalue weighted by Gasteiger charge is -2.26. The topological polar surface area (TPSA) is 50.9 Å². The van der Waals surface area contributed by atoms with Crippen LogP contribution >= 0.6 is 0 Å². The maximum absolute atomic E-state index is 10.5. The van der Waals surface area contributed by atoms with E-state index in [2.05, 4.69) is 30.9 Å². The van der Waals surface area contributed by atoms with Crippen LogP contribution in [-0.2, 0) is 13.0 Å². The first-order chi connectivity index (χ1) is 8.00. The summed E-state index contributed by atoms with van der Waals surface area (Å²) in [5, 5.41) is 14.7. The van der Waals surface area contributed by atoms with E-state index in [1.54, 1.807) is 6.33 Å². The molecule has 1 rings (SSSR count). The van der Waals surface area contributed by atoms with Crippen LogP contribution in [0, 0.1) is 5.92 Å². The van der Waals surface area contributed by atoms with E-state index < -0.39 is 5.60 Å². The molecule has 1 aromatic heterocycles. The van der Waals surface area contributed by atoms with E-state index in [-0.39, 0.29) is 0 Å². The Bertz CT molecular complexity index is 335. The molecule has 0 spiro atoms. The molecule has 0 aromatic carbocycles. The van der Waals surface area contributed by atoms with Crippen molar-refractivity contribution in [3.63, 3.8) is 0 Å². The summed E-state index contributed by atoms with van der Waals surface area (Å²) in [6.45, 7) is 9.30. The number of aromatic nitrogens is 3. The van der Waals surface area contributed by atoms with Gasteiger partial charge in [-0.05, 0) is 18.8 Å². The molecular weight excluding hydrogens is 214 g/mol. The Kier molecular flexibility index (Phi) is 5.12. The molecule has 4 heteroatoms. The predicted octanol–water partition coefficient (Wildman–Crippen LogP) is 2.42. The minimum Gasteiger partial charge on any atom is -0.389 e. The van der Waals surface area contributed by atoms with Gasteiger partial charge in [-0.2, -0.15) is 5.10 Å². The fourth-order valence-electron chi connectivity index (χ4n) is 2.07. The van der Waals surface area contributed by atoms with E-state index in [9.17, 15) is 5.11 Å². The van der Waals surface area contributed by atoms with Gasteiger partial charge in [-0.15, -0.1) is 0 Å². The molecule has 1 unspecified atom stereocenters. The molecule has 1 aromatic rings. The van der Waals surface area contributed by atoms with Gasteiger partial charge in [0.15, 0.2) is 0 Å². The summed E-state index contributed by atoms with van der Waals surface area (Å²) < 4.78 is 1.92. The summed E-state index contributed by atoms with van der Waals surface area (Å²) in [7, 11) is 0. The number of hydrogen-bond donors (Lipinski definition) is 1. The van der Waals surface area contributed by atoms with Crippen LogP contribution in [0.2, 0.25) is 0 Å². The Labute approximate surface area is 104 Å². The van der Waals surface area contributed by atoms with Crippen LogP contribution in [0.5, 0.6) is 0 Å². The van der Waals surface area contributed by atoms with Crippen LogP contribution in [0.15, 0.2) is 6.33 Å². The summed E-state index contributed by atoms with van der Waals surface area (Å²) in [6.07, 6.45) is 4.75. The van der Waals surface area contributed by atoms with E-state index in [1.165, 1.54) is 0 Å². The highest BCUT2D eigenvalue weighted by Gasteiger charge is 2.26. The second-order valence-electron chi connectivity index (χ2n) is 5.26. The van der Waals surface area contributed by atoms with Crippen molar-refractivity contribution in [1.29, 1.82) is 0 Å². The molecule has 0 radical (unpaired) electrons. The molecule has 0 amide bonds. The molecule has 0 saturated carbocycles. The summed E-state index contributed by atoms with van der Waals surface area (Å²) >= 11 is 0. The zero-order chi connectivity index (χ0) is 12.9. The molecule has 4 nitrogen and oxygen atoms in total. The lowest BCUT2D eigenvalue weighted by atomic mass is 9.91. The summed E-state index contributed by atoms with van der Waals surface area (Å²) in [5.74, 6) is 1.44. The lowest BCUT2D eigenvalue weighted by molar-refractivity contribution is 0.0240. The van der Waals surface area contributed by atoms with Crippen molar-refractivity contribution >= 4 is 0 Å². The number of rotatable bonds is 7. The van der Waals surface area contributed by atoms with Gasteiger partial charge in [0, 0.05) is 13.0 Å². The van der Waals surface area contributed by atoms with Crippen LogP contribution in [0.25, 0.3) is 0 Å². The Morgan fingerprint density at radius 1 is 1.41 bits per heavy atom. The van der Waals surface area contributed by atoms with Crippen molar-refractivity contribution in [2.24, 2.45) is 5.92 Å². The second-order valence-corrected chi connectivity index (χ2v) is 5.26. The third-order valence-electron chi connectivity index (χ3n) is 3.09. The van der Waals surface area contributed by atoms with Gasteiger partial charge >= 0.3 is 0 Å². The van der Waals surface area contributed by atoms with Gasteiger partial charge in [0.1, 0.15) is 12.2 Å². The number of nitrogens with zero attached hydrogens (tertiary/aromatic N) is 3. The molecule has 1 N–H and O–H groups in total. The molecule has 0 aliphatic carbocycles. The molecular formula is C13H25N3O. The molecule has 17 heavy (non-hydrogen) atoms. The standard InChI is InChI=1S/C13H25N3O/c1-5-7-13(17,6-2)8-12-14-10-15-16(12)9-11(3)4/h10-11,17H,5-9H2,1-4H3. The highest BCUT2D eigenvalue weighted by Crippen LogP contribution is 2.22. The van der Waals surface area contributed by atoms with Crippen molar-refractivity contribution < 1.29 is 5.11 Å². The Morgan fingerprint density at radius 2 is 2.12 bits per heavy atom. The van der Waals surface area contributed by atoms with Crippen molar-refractivity contribution in [1.82, 2.24) is 14.8 Å². The van der Waals surface area contributed by atoms with E-state index in [1.807, 2.05) is 11.6 Å². The van der Waals surface area contributed by atoms with Crippen LogP contribution in [0.3, 0.4) is 0 Å². The predicted molar refractivity (Wildman–Crippen MR) is 68.7 cm³/mol. The molecule has 1 heterocycles. The van der Waals surface area contributed by atoms with Gasteiger partial charge in [-0.25, -0.2) is 9.67 Å². The Hall–Kier alpha value is -0.900. The summed E-state index contributed by atoms with van der Waals surface area (Å²) in [4.78, 5) is 4.28. The molecule has 0 bridgehead atoms. The van der Waals surface area contributed by atoms with Crippen LogP contribution in [-0.4, -0.2) is 25.5 Å². The quantitative estimate of drug-likeness (QED) is 0.795. The first-order valence-corrected chi connectivity index (χ1v) is 6.59. The zero-order valence-corrected chi connectivity index (χ0v) is 11.5. The zero-order valence-electron chi connectivity index (χ0n) is 11.5. The minimum atomic E-state index is -0.628. The molecule has 0 aliphatic heterocycles. The van der Waals surface area contributed by atoms with Crippen LogP contribution in [0.1, 0.15) is 52.8 Å². The summed E-state index contributed by atoms with van der Waals surface area (Å²) in [6, 6.07) is 0. The van der Waals surface area contributed by atoms with Crippen LogP contribution < -0.4 is 0 Å². The van der Waals surface area contributed by atoms with E-state index in [0.717, 1.165) is 31.6 Å². The lowest BCUT2D eigenvalue weighted by Crippen LogP contribution is -2.32. The first kappa shape index (κ1) is 14.2. The molecule has 1 atom stereocenters. The van der Waals surface area contributed by atoms with Crippen molar-refractivity contribution in [3.8, 4) is 0 Å². The average molecular weight is 239 g/mol. The fraction of sp³-hybridized carbons (Fsp3) is 0.846. The third-order valence-corrected chi connectivity index (χ3v) is 3.09. The largest absolute Gasteiger partial charge is 0.389 e. The highest BCUT2D eigenvalue weighted by molar-refractivity contribution is 4.94. The molecule has 98 valence electrons. The smallest absolute Gasteiger partial charge is 0.138 e. The van der Waals surface area contributed by atoms with E-state index >= 15 is 0 Å². The average Bonchev–Trinajstić information content (AvgIpc) is 2.65. The van der Waals surface area contributed by atoms with E-state index in [0.29, 0.717) is 12.3 Å². The Balaban J connectivity index is 2.76. The Morgan fingerprint density at radius 3 is 2.65 bits per heavy atom. The first-order valence-electron chi connectivity index (χ1n) is 6.59. The SMILES string of the molecule is CCCC(O)(CC)Cc1ncnn1CC(C)C. The third kappa shape index (κ3) is 4.11. The van der Waals surface area contributed by atoms with Gasteiger partial charge in [0.05, 0.1) is 5.60 Å². The van der Waals surface area contributed by atoms with Gasteiger partial charge in [0.25, 0.3) is 0 Å². The van der Waals surface area contributed by atoms with Crippen molar-refractivity contribution in [3.05, 3.63) is 12.2 Å². The fourth-order valence-corrected chi connectivity index (χ4v) is 2.07.